The second-order valence-corrected chi connectivity index (χ2v) is 6.52. The Balaban J connectivity index is 2.76. The van der Waals surface area contributed by atoms with E-state index in [2.05, 4.69) is 0 Å². The number of hydrogen-bond acceptors (Lipinski definition) is 3. The molecule has 0 aliphatic heterocycles. The summed E-state index contributed by atoms with van der Waals surface area (Å²) < 4.78 is 32.5. The molecule has 0 aromatic rings. The molecule has 0 fully saturated rings. The van der Waals surface area contributed by atoms with Crippen LogP contribution >= 0.6 is 0 Å². The summed E-state index contributed by atoms with van der Waals surface area (Å²) in [6.45, 7) is 3.97. The first-order valence-electron chi connectivity index (χ1n) is 6.48. The second kappa shape index (κ2) is 5.52. The zero-order valence-electron chi connectivity index (χ0n) is 11.5. The molecule has 0 saturated heterocycles. The molecule has 20 heavy (non-hydrogen) atoms. The molecule has 0 atom stereocenters. The fourth-order valence-corrected chi connectivity index (χ4v) is 3.07. The van der Waals surface area contributed by atoms with Crippen molar-refractivity contribution in [3.05, 3.63) is 41.5 Å². The molecule has 2 rings (SSSR count). The third kappa shape index (κ3) is 2.85. The average molecular weight is 294 g/mol. The van der Waals surface area contributed by atoms with Crippen molar-refractivity contribution >= 4 is 10.1 Å². The fraction of sp³-hybridized carbons (Fsp3) is 0.333. The maximum Gasteiger partial charge on any atom is 0.295 e. The highest BCUT2D eigenvalue weighted by Gasteiger charge is 2.23. The van der Waals surface area contributed by atoms with Crippen LogP contribution in [0.25, 0.3) is 11.1 Å². The standard InChI is InChI=1S/C15H18O4S/c1-10(2)11-4-3-5-13-12(6-7-16)9-15(14(13)8-11)20(17,18)19/h3-5,8-10,16H,6-7H2,1-2H3,(H,17,18,19). The van der Waals surface area contributed by atoms with Crippen molar-refractivity contribution in [2.75, 3.05) is 6.61 Å². The van der Waals surface area contributed by atoms with Crippen molar-refractivity contribution in [3.63, 3.8) is 0 Å². The summed E-state index contributed by atoms with van der Waals surface area (Å²) >= 11 is 0. The van der Waals surface area contributed by atoms with Crippen LogP contribution < -0.4 is 0 Å². The second-order valence-electron chi connectivity index (χ2n) is 5.13. The molecule has 0 unspecified atom stereocenters. The van der Waals surface area contributed by atoms with Crippen LogP contribution in [0.4, 0.5) is 0 Å². The Kier molecular flexibility index (Phi) is 4.13. The largest absolute Gasteiger partial charge is 0.396 e. The number of fused-ring (bicyclic) bond motifs is 1. The molecule has 5 heteroatoms. The number of rotatable bonds is 4. The molecule has 4 nitrogen and oxygen atoms in total. The monoisotopic (exact) mass is 294 g/mol. The average Bonchev–Trinajstić information content (AvgIpc) is 2.56. The lowest BCUT2D eigenvalue weighted by Crippen LogP contribution is -1.97. The van der Waals surface area contributed by atoms with E-state index in [1.165, 1.54) is 6.07 Å². The third-order valence-corrected chi connectivity index (χ3v) is 4.29. The van der Waals surface area contributed by atoms with Gasteiger partial charge in [-0.2, -0.15) is 8.42 Å². The van der Waals surface area contributed by atoms with Crippen LogP contribution in [0.3, 0.4) is 0 Å². The SMILES string of the molecule is CC(C)c1cccc2c(CCO)cc(S(=O)(=O)O)c-2c1. The van der Waals surface area contributed by atoms with Crippen molar-refractivity contribution < 1.29 is 18.1 Å². The van der Waals surface area contributed by atoms with Gasteiger partial charge < -0.3 is 5.11 Å². The van der Waals surface area contributed by atoms with Gasteiger partial charge in [-0.1, -0.05) is 32.0 Å². The van der Waals surface area contributed by atoms with Crippen LogP contribution in [-0.2, 0) is 16.5 Å². The summed E-state index contributed by atoms with van der Waals surface area (Å²) in [7, 11) is -4.28. The van der Waals surface area contributed by atoms with Gasteiger partial charge in [-0.05, 0) is 41.2 Å². The van der Waals surface area contributed by atoms with E-state index in [9.17, 15) is 13.0 Å². The van der Waals surface area contributed by atoms with Gasteiger partial charge in [0.1, 0.15) is 4.90 Å². The minimum Gasteiger partial charge on any atom is -0.396 e. The van der Waals surface area contributed by atoms with Gasteiger partial charge >= 0.3 is 0 Å². The van der Waals surface area contributed by atoms with Crippen LogP contribution in [0.5, 0.6) is 0 Å². The van der Waals surface area contributed by atoms with E-state index in [1.54, 1.807) is 6.07 Å². The Hall–Kier alpha value is -1.43. The van der Waals surface area contributed by atoms with E-state index in [-0.39, 0.29) is 17.4 Å². The summed E-state index contributed by atoms with van der Waals surface area (Å²) in [6.07, 6.45) is 0.354. The minimum absolute atomic E-state index is 0.0698. The highest BCUT2D eigenvalue weighted by molar-refractivity contribution is 7.86. The van der Waals surface area contributed by atoms with Gasteiger partial charge in [-0.3, -0.25) is 4.55 Å². The fourth-order valence-electron chi connectivity index (χ4n) is 2.34. The predicted molar refractivity (Wildman–Crippen MR) is 77.8 cm³/mol. The van der Waals surface area contributed by atoms with Crippen molar-refractivity contribution in [3.8, 4) is 11.1 Å². The highest BCUT2D eigenvalue weighted by atomic mass is 32.2. The Morgan fingerprint density at radius 3 is 2.40 bits per heavy atom. The third-order valence-electron chi connectivity index (χ3n) is 3.40. The minimum atomic E-state index is -4.28. The lowest BCUT2D eigenvalue weighted by Gasteiger charge is -2.04. The van der Waals surface area contributed by atoms with E-state index in [1.807, 2.05) is 32.0 Å². The zero-order chi connectivity index (χ0) is 14.9. The first-order chi connectivity index (χ1) is 9.34. The first kappa shape index (κ1) is 15.0. The van der Waals surface area contributed by atoms with E-state index in [4.69, 9.17) is 5.11 Å². The van der Waals surface area contributed by atoms with Crippen LogP contribution in [0.15, 0.2) is 35.2 Å². The topological polar surface area (TPSA) is 74.6 Å². The molecule has 0 heterocycles. The molecule has 2 aliphatic rings. The van der Waals surface area contributed by atoms with Crippen LogP contribution in [0.1, 0.15) is 30.9 Å². The van der Waals surface area contributed by atoms with E-state index in [0.717, 1.165) is 16.7 Å². The predicted octanol–water partition coefficient (Wildman–Crippen LogP) is 2.70. The molecular weight excluding hydrogens is 276 g/mol. The molecule has 0 radical (unpaired) electrons. The van der Waals surface area contributed by atoms with Crippen molar-refractivity contribution in [1.29, 1.82) is 0 Å². The normalized spacial score (nSPS) is 12.2. The van der Waals surface area contributed by atoms with Crippen LogP contribution in [-0.4, -0.2) is 24.7 Å². The van der Waals surface area contributed by atoms with Gasteiger partial charge in [-0.15, -0.1) is 0 Å². The highest BCUT2D eigenvalue weighted by Crippen LogP contribution is 2.36. The summed E-state index contributed by atoms with van der Waals surface area (Å²) in [4.78, 5) is -0.0888. The van der Waals surface area contributed by atoms with Crippen molar-refractivity contribution in [2.45, 2.75) is 31.1 Å². The molecule has 0 aromatic carbocycles. The van der Waals surface area contributed by atoms with Crippen molar-refractivity contribution in [2.24, 2.45) is 0 Å². The molecule has 108 valence electrons. The van der Waals surface area contributed by atoms with E-state index < -0.39 is 10.1 Å². The van der Waals surface area contributed by atoms with Crippen molar-refractivity contribution in [1.82, 2.24) is 0 Å². The maximum absolute atomic E-state index is 11.5. The smallest absolute Gasteiger partial charge is 0.295 e. The quantitative estimate of drug-likeness (QED) is 0.850. The molecule has 0 saturated carbocycles. The van der Waals surface area contributed by atoms with Gasteiger partial charge in [0.25, 0.3) is 10.1 Å². The lowest BCUT2D eigenvalue weighted by atomic mass is 10.0. The summed E-state index contributed by atoms with van der Waals surface area (Å²) in [5.74, 6) is 0.246. The van der Waals surface area contributed by atoms with Gasteiger partial charge in [0.05, 0.1) is 0 Å². The van der Waals surface area contributed by atoms with Gasteiger partial charge in [0.15, 0.2) is 0 Å². The molecule has 0 amide bonds. The first-order valence-corrected chi connectivity index (χ1v) is 7.92. The molecule has 0 aromatic heterocycles. The lowest BCUT2D eigenvalue weighted by molar-refractivity contribution is 0.300. The summed E-state index contributed by atoms with van der Waals surface area (Å²) in [5, 5.41) is 9.08. The molecule has 2 N–H and O–H groups in total. The van der Waals surface area contributed by atoms with Gasteiger partial charge in [0, 0.05) is 12.2 Å². The van der Waals surface area contributed by atoms with Gasteiger partial charge in [0.2, 0.25) is 0 Å². The maximum atomic E-state index is 11.5. The number of hydrogen-bond donors (Lipinski definition) is 2. The van der Waals surface area contributed by atoms with E-state index in [0.29, 0.717) is 12.0 Å². The number of aliphatic hydroxyl groups is 1. The summed E-state index contributed by atoms with van der Waals surface area (Å²) in [6, 6.07) is 8.86. The Morgan fingerprint density at radius 2 is 1.85 bits per heavy atom. The molecular formula is C15H18O4S. The van der Waals surface area contributed by atoms with E-state index >= 15 is 0 Å². The molecule has 0 spiro atoms. The Morgan fingerprint density at radius 1 is 1.15 bits per heavy atom. The van der Waals surface area contributed by atoms with Crippen LogP contribution in [0.2, 0.25) is 0 Å². The number of aliphatic hydroxyl groups excluding tert-OH is 1. The Bertz CT molecular complexity index is 689. The Labute approximate surface area is 119 Å². The van der Waals surface area contributed by atoms with Crippen LogP contribution in [0, 0.1) is 0 Å². The molecule has 2 aliphatic carbocycles. The molecule has 0 bridgehead atoms. The zero-order valence-corrected chi connectivity index (χ0v) is 12.3. The summed E-state index contributed by atoms with van der Waals surface area (Å²) in [5.41, 5.74) is 2.97. The van der Waals surface area contributed by atoms with Gasteiger partial charge in [-0.25, -0.2) is 0 Å².